The third-order valence-corrected chi connectivity index (χ3v) is 6.93. The van der Waals surface area contributed by atoms with Crippen LogP contribution in [0.25, 0.3) is 0 Å². The molecule has 2 aromatic carbocycles. The number of aliphatic imine (C=N–C) groups is 1. The largest absolute Gasteiger partial charge is 0.309 e. The van der Waals surface area contributed by atoms with Crippen molar-refractivity contribution in [1.82, 2.24) is 20.4 Å². The summed E-state index contributed by atoms with van der Waals surface area (Å²) in [5, 5.41) is 10.6. The van der Waals surface area contributed by atoms with Gasteiger partial charge in [0.05, 0.1) is 17.7 Å². The monoisotopic (exact) mass is 485 g/mol. The Hall–Kier alpha value is -3.42. The van der Waals surface area contributed by atoms with Crippen molar-refractivity contribution in [2.75, 3.05) is 13.1 Å². The molecule has 3 heterocycles. The number of allylic oxidation sites excluding steroid dienone is 2. The van der Waals surface area contributed by atoms with Crippen LogP contribution in [-0.2, 0) is 13.0 Å². The lowest BCUT2D eigenvalue weighted by atomic mass is 9.84. The normalized spacial score (nSPS) is 25.4. The molecule has 2 N–H and O–H groups in total. The molecule has 5 rings (SSSR count). The molecule has 6 nitrogen and oxygen atoms in total. The molecule has 0 aliphatic carbocycles. The lowest BCUT2D eigenvalue weighted by Gasteiger charge is -2.36. The van der Waals surface area contributed by atoms with Crippen LogP contribution in [0.3, 0.4) is 0 Å². The van der Waals surface area contributed by atoms with Gasteiger partial charge >= 0.3 is 0 Å². The maximum Gasteiger partial charge on any atom is 0.267 e. The Labute approximate surface area is 211 Å². The minimum Gasteiger partial charge on any atom is -0.309 e. The molecule has 186 valence electrons. The van der Waals surface area contributed by atoms with Gasteiger partial charge in [0.1, 0.15) is 5.82 Å². The molecule has 1 saturated heterocycles. The van der Waals surface area contributed by atoms with E-state index >= 15 is 0 Å². The van der Waals surface area contributed by atoms with Crippen LogP contribution < -0.4 is 10.9 Å². The third-order valence-electron chi connectivity index (χ3n) is 6.93. The SMILES string of the molecule is CC1CN(Cc2ccc(C3N=C/C=C\Cc4cc(n[nH]c4=O)C3c3ccc(F)cc3)cc2)CC(C)N1. The minimum absolute atomic E-state index is 0.198. The maximum absolute atomic E-state index is 13.8. The Morgan fingerprint density at radius 1 is 1.00 bits per heavy atom. The quantitative estimate of drug-likeness (QED) is 0.582. The number of hydrogen-bond acceptors (Lipinski definition) is 5. The molecule has 0 spiro atoms. The first-order valence-electron chi connectivity index (χ1n) is 12.6. The minimum atomic E-state index is -0.294. The summed E-state index contributed by atoms with van der Waals surface area (Å²) >= 11 is 0. The van der Waals surface area contributed by atoms with Gasteiger partial charge in [0, 0.05) is 43.5 Å². The zero-order valence-electron chi connectivity index (χ0n) is 20.7. The molecule has 0 radical (unpaired) electrons. The van der Waals surface area contributed by atoms with Crippen molar-refractivity contribution in [3.05, 3.63) is 111 Å². The standard InChI is InChI=1S/C29H32FN5O/c1-19-16-35(17-20(2)32-19)18-21-6-8-23(9-7-21)28-27(22-10-12-25(30)13-11-22)26-15-24(29(36)34-33-26)5-3-4-14-31-28/h3-4,6-15,19-20,27-28,32H,5,16-18H2,1-2H3,(H,34,36)/b4-3-,31-14?. The Bertz CT molecular complexity index is 1290. The summed E-state index contributed by atoms with van der Waals surface area (Å²) in [5.74, 6) is -0.581. The molecule has 3 aromatic rings. The number of piperazine rings is 1. The fourth-order valence-electron chi connectivity index (χ4n) is 5.37. The number of aromatic amines is 1. The lowest BCUT2D eigenvalue weighted by molar-refractivity contribution is 0.166. The van der Waals surface area contributed by atoms with Crippen LogP contribution in [0.15, 0.2) is 76.5 Å². The summed E-state index contributed by atoms with van der Waals surface area (Å²) in [4.78, 5) is 19.7. The smallest absolute Gasteiger partial charge is 0.267 e. The molecule has 2 bridgehead atoms. The van der Waals surface area contributed by atoms with E-state index in [1.54, 1.807) is 18.3 Å². The number of fused-ring (bicyclic) bond motifs is 2. The van der Waals surface area contributed by atoms with Crippen molar-refractivity contribution in [1.29, 1.82) is 0 Å². The Balaban J connectivity index is 1.50. The molecular weight excluding hydrogens is 453 g/mol. The number of hydrogen-bond donors (Lipinski definition) is 2. The van der Waals surface area contributed by atoms with Gasteiger partial charge in [-0.25, -0.2) is 9.49 Å². The van der Waals surface area contributed by atoms with E-state index in [2.05, 4.69) is 58.5 Å². The highest BCUT2D eigenvalue weighted by molar-refractivity contribution is 5.71. The number of rotatable bonds is 4. The second-order valence-corrected chi connectivity index (χ2v) is 9.96. The van der Waals surface area contributed by atoms with E-state index in [-0.39, 0.29) is 23.3 Å². The van der Waals surface area contributed by atoms with Gasteiger partial charge in [-0.05, 0) is 61.2 Å². The number of benzene rings is 2. The average Bonchev–Trinajstić information content (AvgIpc) is 2.85. The highest BCUT2D eigenvalue weighted by Gasteiger charge is 2.29. The summed E-state index contributed by atoms with van der Waals surface area (Å²) < 4.78 is 13.8. The summed E-state index contributed by atoms with van der Waals surface area (Å²) in [5.41, 5.74) is 4.34. The zero-order valence-corrected chi connectivity index (χ0v) is 20.7. The predicted octanol–water partition coefficient (Wildman–Crippen LogP) is 4.15. The molecule has 2 aliphatic heterocycles. The lowest BCUT2D eigenvalue weighted by Crippen LogP contribution is -2.53. The summed E-state index contributed by atoms with van der Waals surface area (Å²) in [7, 11) is 0. The van der Waals surface area contributed by atoms with Gasteiger partial charge < -0.3 is 5.32 Å². The topological polar surface area (TPSA) is 73.4 Å². The number of aromatic nitrogens is 2. The molecular formula is C29H32FN5O. The molecule has 4 atom stereocenters. The van der Waals surface area contributed by atoms with E-state index in [0.717, 1.165) is 30.8 Å². The van der Waals surface area contributed by atoms with Crippen LogP contribution in [0.2, 0.25) is 0 Å². The van der Waals surface area contributed by atoms with E-state index < -0.39 is 0 Å². The van der Waals surface area contributed by atoms with Gasteiger partial charge in [0.2, 0.25) is 0 Å². The van der Waals surface area contributed by atoms with Crippen LogP contribution in [0.1, 0.15) is 53.8 Å². The van der Waals surface area contributed by atoms with Crippen molar-refractivity contribution < 1.29 is 4.39 Å². The molecule has 0 amide bonds. The van der Waals surface area contributed by atoms with Gasteiger partial charge in [-0.15, -0.1) is 0 Å². The van der Waals surface area contributed by atoms with E-state index in [4.69, 9.17) is 4.99 Å². The molecule has 1 fully saturated rings. The highest BCUT2D eigenvalue weighted by Crippen LogP contribution is 2.39. The second-order valence-electron chi connectivity index (χ2n) is 9.96. The fourth-order valence-corrected chi connectivity index (χ4v) is 5.37. The van der Waals surface area contributed by atoms with Crippen molar-refractivity contribution in [2.24, 2.45) is 4.99 Å². The highest BCUT2D eigenvalue weighted by atomic mass is 19.1. The van der Waals surface area contributed by atoms with Crippen molar-refractivity contribution in [3.8, 4) is 0 Å². The molecule has 7 heteroatoms. The van der Waals surface area contributed by atoms with Crippen molar-refractivity contribution in [3.63, 3.8) is 0 Å². The van der Waals surface area contributed by atoms with Gasteiger partial charge in [0.15, 0.2) is 0 Å². The first-order valence-corrected chi connectivity index (χ1v) is 12.6. The summed E-state index contributed by atoms with van der Waals surface area (Å²) in [6.07, 6.45) is 6.08. The third kappa shape index (κ3) is 5.53. The van der Waals surface area contributed by atoms with Crippen LogP contribution in [-0.4, -0.2) is 46.5 Å². The van der Waals surface area contributed by atoms with Gasteiger partial charge in [-0.1, -0.05) is 42.5 Å². The van der Waals surface area contributed by atoms with Gasteiger partial charge in [0.25, 0.3) is 5.56 Å². The van der Waals surface area contributed by atoms with E-state index in [0.29, 0.717) is 29.8 Å². The fraction of sp³-hybridized carbons (Fsp3) is 0.345. The predicted molar refractivity (Wildman–Crippen MR) is 141 cm³/mol. The summed E-state index contributed by atoms with van der Waals surface area (Å²) in [6, 6.07) is 17.6. The van der Waals surface area contributed by atoms with E-state index in [9.17, 15) is 9.18 Å². The average molecular weight is 486 g/mol. The maximum atomic E-state index is 13.8. The molecule has 4 unspecified atom stereocenters. The number of nitrogens with zero attached hydrogens (tertiary/aromatic N) is 3. The summed E-state index contributed by atoms with van der Waals surface area (Å²) in [6.45, 7) is 7.41. The van der Waals surface area contributed by atoms with E-state index in [1.165, 1.54) is 17.7 Å². The Morgan fingerprint density at radius 2 is 1.69 bits per heavy atom. The molecule has 0 saturated carbocycles. The van der Waals surface area contributed by atoms with Crippen LogP contribution >= 0.6 is 0 Å². The van der Waals surface area contributed by atoms with Crippen molar-refractivity contribution in [2.45, 2.75) is 50.9 Å². The molecule has 2 aliphatic rings. The molecule has 36 heavy (non-hydrogen) atoms. The first kappa shape index (κ1) is 24.3. The van der Waals surface area contributed by atoms with Crippen molar-refractivity contribution >= 4 is 6.21 Å². The van der Waals surface area contributed by atoms with Crippen LogP contribution in [0.4, 0.5) is 4.39 Å². The number of halogens is 1. The number of H-pyrrole nitrogens is 1. The first-order chi connectivity index (χ1) is 17.5. The Morgan fingerprint density at radius 3 is 2.42 bits per heavy atom. The zero-order chi connectivity index (χ0) is 25.1. The van der Waals surface area contributed by atoms with Crippen LogP contribution in [0.5, 0.6) is 0 Å². The second kappa shape index (κ2) is 10.7. The Kier molecular flexibility index (Phi) is 7.20. The number of nitrogens with one attached hydrogen (secondary N) is 2. The van der Waals surface area contributed by atoms with Gasteiger partial charge in [-0.3, -0.25) is 14.7 Å². The molecule has 1 aromatic heterocycles. The van der Waals surface area contributed by atoms with E-state index in [1.807, 2.05) is 18.2 Å². The van der Waals surface area contributed by atoms with Crippen LogP contribution in [0, 0.1) is 5.82 Å². The van der Waals surface area contributed by atoms with Gasteiger partial charge in [-0.2, -0.15) is 5.10 Å².